The molecular formula is C51H92N10O13. The molecule has 74 heavy (non-hydrogen) atoms. The van der Waals surface area contributed by atoms with Crippen molar-refractivity contribution < 1.29 is 62.2 Å². The van der Waals surface area contributed by atoms with Crippen molar-refractivity contribution in [2.45, 2.75) is 223 Å². The van der Waals surface area contributed by atoms with E-state index in [2.05, 4.69) is 53.2 Å². The summed E-state index contributed by atoms with van der Waals surface area (Å²) in [5.41, 5.74) is -8.69. The van der Waals surface area contributed by atoms with E-state index in [-0.39, 0.29) is 0 Å². The van der Waals surface area contributed by atoms with Gasteiger partial charge in [0, 0.05) is 0 Å². The van der Waals surface area contributed by atoms with Crippen LogP contribution in [0.25, 0.3) is 0 Å². The summed E-state index contributed by atoms with van der Waals surface area (Å²) in [6.07, 6.45) is -0.839. The maximum atomic E-state index is 14.0. The second-order valence-corrected chi connectivity index (χ2v) is 24.2. The third kappa shape index (κ3) is 20.7. The van der Waals surface area contributed by atoms with Crippen LogP contribution in [0.2, 0.25) is 0 Å². The summed E-state index contributed by atoms with van der Waals surface area (Å²) in [6, 6.07) is -5.95. The zero-order valence-electron chi connectivity index (χ0n) is 48.6. The molecule has 0 aliphatic heterocycles. The van der Waals surface area contributed by atoms with Crippen LogP contribution >= 0.6 is 0 Å². The maximum absolute atomic E-state index is 14.0. The highest BCUT2D eigenvalue weighted by atomic mass is 16.6. The Morgan fingerprint density at radius 2 is 0.554 bits per heavy atom. The third-order valence-electron chi connectivity index (χ3n) is 11.7. The molecule has 23 heteroatoms. The van der Waals surface area contributed by atoms with E-state index < -0.39 is 158 Å². The molecule has 0 spiro atoms. The van der Waals surface area contributed by atoms with E-state index in [1.54, 1.807) is 90.0 Å². The Morgan fingerprint density at radius 3 is 0.851 bits per heavy atom. The number of esters is 1. The molecule has 10 N–H and O–H groups in total. The van der Waals surface area contributed by atoms with Crippen molar-refractivity contribution in [2.75, 3.05) is 7.11 Å². The molecule has 0 fully saturated rings. The Labute approximate surface area is 438 Å². The SMILES string of the molecule is COC(=O)C(C)(C)NC(=O)C(NC(=O)C(C)(C)NC(=O)C(NC(=O)C(NC(=O)C(NC(=O)C(C)(C)NC(=O)C(C)(C)NC(=O)C(NC(=O)C(C)(C)NC(=O)OC(C)(C)C)C(C)C)C(C)C)C(C)C)C(C)C)C(C)C. The fourth-order valence-corrected chi connectivity index (χ4v) is 6.82. The topological polar surface area (TPSA) is 327 Å². The largest absolute Gasteiger partial charge is 0.467 e. The number of amides is 10. The number of rotatable bonds is 25. The molecule has 0 saturated heterocycles. The Bertz CT molecular complexity index is 2070. The summed E-state index contributed by atoms with van der Waals surface area (Å²) in [5, 5.41) is 26.4. The van der Waals surface area contributed by atoms with Gasteiger partial charge in [-0.15, -0.1) is 0 Å². The van der Waals surface area contributed by atoms with Crippen molar-refractivity contribution in [3.63, 3.8) is 0 Å². The van der Waals surface area contributed by atoms with Gasteiger partial charge >= 0.3 is 12.1 Å². The molecule has 5 atom stereocenters. The van der Waals surface area contributed by atoms with E-state index in [9.17, 15) is 52.7 Å². The van der Waals surface area contributed by atoms with Gasteiger partial charge in [-0.3, -0.25) is 43.2 Å². The van der Waals surface area contributed by atoms with Crippen LogP contribution in [-0.2, 0) is 57.4 Å². The fraction of sp³-hybridized carbons (Fsp3) is 0.784. The van der Waals surface area contributed by atoms with Crippen LogP contribution in [0.4, 0.5) is 4.79 Å². The highest BCUT2D eigenvalue weighted by molar-refractivity contribution is 6.01. The summed E-state index contributed by atoms with van der Waals surface area (Å²) in [4.78, 5) is 148. The lowest BCUT2D eigenvalue weighted by Crippen LogP contribution is -2.67. The molecule has 5 unspecified atom stereocenters. The average Bonchev–Trinajstić information content (AvgIpc) is 3.21. The lowest BCUT2D eigenvalue weighted by Gasteiger charge is -2.35. The number of alkyl carbamates (subject to hydrolysis) is 1. The van der Waals surface area contributed by atoms with E-state index in [1.165, 1.54) is 76.3 Å². The summed E-state index contributed by atoms with van der Waals surface area (Å²) < 4.78 is 10.0. The quantitative estimate of drug-likeness (QED) is 0.0584. The molecule has 0 rings (SSSR count). The standard InChI is InChI=1S/C51H92N10O13/c1-25(2)30(35(62)53-32(27(5)6)37(64)57-47(14,15)40(67)55-34(29(9)10)39(66)59-51(22,23)44(71)73-24)52-36(63)31(26(3)4)54-41(68)48(16,17)60-43(70)50(20,21)58-38(65)33(28(7)8)56-42(69)49(18,19)61-45(72)74-46(11,12)13/h25-34H,1-24H3,(H,52,63)(H,53,62)(H,54,68)(H,55,67)(H,56,69)(H,57,64)(H,58,65)(H,59,66)(H,60,70)(H,61,72). The molecule has 0 aliphatic rings. The first-order valence-corrected chi connectivity index (χ1v) is 25.1. The van der Waals surface area contributed by atoms with E-state index in [0.29, 0.717) is 0 Å². The molecule has 0 radical (unpaired) electrons. The van der Waals surface area contributed by atoms with Crippen molar-refractivity contribution >= 4 is 65.2 Å². The number of carbonyl (C=O) groups excluding carboxylic acids is 11. The normalized spacial score (nSPS) is 14.6. The lowest BCUT2D eigenvalue weighted by atomic mass is 9.95. The Balaban J connectivity index is 6.15. The summed E-state index contributed by atoms with van der Waals surface area (Å²) in [7, 11) is 1.18. The first kappa shape index (κ1) is 68.0. The van der Waals surface area contributed by atoms with Crippen LogP contribution < -0.4 is 53.2 Å². The van der Waals surface area contributed by atoms with Gasteiger partial charge in [-0.25, -0.2) is 9.59 Å². The summed E-state index contributed by atoms with van der Waals surface area (Å²) in [6.45, 7) is 35.9. The molecule has 0 aromatic carbocycles. The molecular weight excluding hydrogens is 961 g/mol. The highest BCUT2D eigenvalue weighted by Gasteiger charge is 2.43. The van der Waals surface area contributed by atoms with Gasteiger partial charge in [0.05, 0.1) is 7.11 Å². The molecule has 0 aromatic rings. The number of hydrogen-bond acceptors (Lipinski definition) is 13. The molecule has 10 amide bonds. The predicted octanol–water partition coefficient (Wildman–Crippen LogP) is 1.75. The molecule has 0 heterocycles. The van der Waals surface area contributed by atoms with Gasteiger partial charge < -0.3 is 62.6 Å². The Morgan fingerprint density at radius 1 is 0.311 bits per heavy atom. The minimum Gasteiger partial charge on any atom is -0.467 e. The molecule has 23 nitrogen and oxygen atoms in total. The highest BCUT2D eigenvalue weighted by Crippen LogP contribution is 2.17. The van der Waals surface area contributed by atoms with Crippen LogP contribution in [0.15, 0.2) is 0 Å². The number of nitrogens with one attached hydrogen (secondary N) is 10. The van der Waals surface area contributed by atoms with Gasteiger partial charge in [-0.1, -0.05) is 69.2 Å². The maximum Gasteiger partial charge on any atom is 0.408 e. The third-order valence-corrected chi connectivity index (χ3v) is 11.7. The van der Waals surface area contributed by atoms with Crippen molar-refractivity contribution in [1.82, 2.24) is 53.2 Å². The minimum atomic E-state index is -1.68. The first-order chi connectivity index (χ1) is 33.2. The van der Waals surface area contributed by atoms with Crippen LogP contribution in [0.3, 0.4) is 0 Å². The predicted molar refractivity (Wildman–Crippen MR) is 278 cm³/mol. The molecule has 424 valence electrons. The summed E-state index contributed by atoms with van der Waals surface area (Å²) >= 11 is 0. The lowest BCUT2D eigenvalue weighted by molar-refractivity contribution is -0.150. The van der Waals surface area contributed by atoms with Crippen LogP contribution in [-0.4, -0.2) is 136 Å². The van der Waals surface area contributed by atoms with Gasteiger partial charge in [-0.05, 0) is 120 Å². The molecule has 0 saturated carbocycles. The minimum absolute atomic E-state index is 0.440. The van der Waals surface area contributed by atoms with Gasteiger partial charge in [0.1, 0.15) is 63.5 Å². The fourth-order valence-electron chi connectivity index (χ4n) is 6.82. The molecule has 0 aromatic heterocycles. The van der Waals surface area contributed by atoms with E-state index in [1.807, 2.05) is 0 Å². The van der Waals surface area contributed by atoms with Crippen molar-refractivity contribution in [2.24, 2.45) is 29.6 Å². The van der Waals surface area contributed by atoms with E-state index in [4.69, 9.17) is 9.47 Å². The molecule has 0 bridgehead atoms. The number of methoxy groups -OCH3 is 1. The van der Waals surface area contributed by atoms with Crippen molar-refractivity contribution in [1.29, 1.82) is 0 Å². The number of hydrogen-bond donors (Lipinski definition) is 10. The monoisotopic (exact) mass is 1050 g/mol. The number of carbonyl (C=O) groups is 11. The van der Waals surface area contributed by atoms with Gasteiger partial charge in [0.25, 0.3) is 0 Å². The zero-order chi connectivity index (χ0) is 58.6. The van der Waals surface area contributed by atoms with Crippen LogP contribution in [0.1, 0.15) is 159 Å². The Hall–Kier alpha value is -6.03. The Kier molecular flexibility index (Phi) is 24.3. The van der Waals surface area contributed by atoms with Gasteiger partial charge in [-0.2, -0.15) is 0 Å². The summed E-state index contributed by atoms with van der Waals surface area (Å²) in [5.74, 6) is -9.83. The second-order valence-electron chi connectivity index (χ2n) is 24.2. The zero-order valence-corrected chi connectivity index (χ0v) is 48.6. The van der Waals surface area contributed by atoms with E-state index in [0.717, 1.165) is 0 Å². The van der Waals surface area contributed by atoms with Gasteiger partial charge in [0.2, 0.25) is 53.2 Å². The van der Waals surface area contributed by atoms with Crippen molar-refractivity contribution in [3.05, 3.63) is 0 Å². The van der Waals surface area contributed by atoms with Crippen LogP contribution in [0, 0.1) is 29.6 Å². The first-order valence-electron chi connectivity index (χ1n) is 25.1. The van der Waals surface area contributed by atoms with Crippen molar-refractivity contribution in [3.8, 4) is 0 Å². The molecule has 0 aliphatic carbocycles. The smallest absolute Gasteiger partial charge is 0.408 e. The van der Waals surface area contributed by atoms with E-state index >= 15 is 0 Å². The number of ether oxygens (including phenoxy) is 2. The second kappa shape index (κ2) is 26.5. The van der Waals surface area contributed by atoms with Crippen LogP contribution in [0.5, 0.6) is 0 Å². The van der Waals surface area contributed by atoms with Gasteiger partial charge in [0.15, 0.2) is 0 Å². The average molecular weight is 1050 g/mol.